The number of hydrogen-bond donors (Lipinski definition) is 1. The summed E-state index contributed by atoms with van der Waals surface area (Å²) < 4.78 is 12.8. The topological polar surface area (TPSA) is 40.5 Å². The highest BCUT2D eigenvalue weighted by atomic mass is 32.1. The molecule has 1 aromatic heterocycles. The Kier molecular flexibility index (Phi) is 3.10. The predicted octanol–water partition coefficient (Wildman–Crippen LogP) is 3.35. The highest BCUT2D eigenvalue weighted by Gasteiger charge is 2.10. The summed E-state index contributed by atoms with van der Waals surface area (Å²) in [5.41, 5.74) is 1.58. The summed E-state index contributed by atoms with van der Waals surface area (Å²) in [5, 5.41) is 10.6. The number of thiophene rings is 1. The van der Waals surface area contributed by atoms with E-state index < -0.39 is 5.97 Å². The molecular formula is C12H10FNO2S. The number of rotatable bonds is 3. The van der Waals surface area contributed by atoms with Crippen molar-refractivity contribution in [1.82, 2.24) is 0 Å². The second kappa shape index (κ2) is 4.55. The Bertz CT molecular complexity index is 536. The molecule has 0 atom stereocenters. The minimum atomic E-state index is -0.936. The fourth-order valence-electron chi connectivity index (χ4n) is 1.43. The summed E-state index contributed by atoms with van der Waals surface area (Å²) in [6.45, 7) is 0. The molecule has 88 valence electrons. The first-order valence-corrected chi connectivity index (χ1v) is 5.77. The third kappa shape index (κ3) is 2.45. The minimum absolute atomic E-state index is 0.286. The maximum absolute atomic E-state index is 12.8. The largest absolute Gasteiger partial charge is 0.477 e. The van der Waals surface area contributed by atoms with Crippen LogP contribution >= 0.6 is 11.3 Å². The SMILES string of the molecule is CN(c1ccc(F)cc1)c1csc(C(=O)O)c1. The van der Waals surface area contributed by atoms with Gasteiger partial charge in [0.25, 0.3) is 0 Å². The van der Waals surface area contributed by atoms with Gasteiger partial charge in [-0.3, -0.25) is 0 Å². The number of carboxylic acid groups (broad SMARTS) is 1. The monoisotopic (exact) mass is 251 g/mol. The highest BCUT2D eigenvalue weighted by molar-refractivity contribution is 7.12. The van der Waals surface area contributed by atoms with Gasteiger partial charge in [-0.1, -0.05) is 0 Å². The quantitative estimate of drug-likeness (QED) is 0.909. The average Bonchev–Trinajstić information content (AvgIpc) is 2.78. The summed E-state index contributed by atoms with van der Waals surface area (Å²) in [4.78, 5) is 12.9. The molecule has 0 aliphatic rings. The van der Waals surface area contributed by atoms with Gasteiger partial charge in [-0.25, -0.2) is 9.18 Å². The second-order valence-corrected chi connectivity index (χ2v) is 4.42. The molecule has 0 amide bonds. The molecule has 3 nitrogen and oxygen atoms in total. The van der Waals surface area contributed by atoms with E-state index >= 15 is 0 Å². The lowest BCUT2D eigenvalue weighted by Crippen LogP contribution is -2.08. The fourth-order valence-corrected chi connectivity index (χ4v) is 2.19. The van der Waals surface area contributed by atoms with Gasteiger partial charge in [0.15, 0.2) is 0 Å². The van der Waals surface area contributed by atoms with E-state index in [4.69, 9.17) is 5.11 Å². The van der Waals surface area contributed by atoms with Gasteiger partial charge in [-0.2, -0.15) is 0 Å². The van der Waals surface area contributed by atoms with E-state index in [1.807, 2.05) is 4.90 Å². The third-order valence-corrected chi connectivity index (χ3v) is 3.30. The zero-order valence-electron chi connectivity index (χ0n) is 9.05. The van der Waals surface area contributed by atoms with Crippen molar-refractivity contribution >= 4 is 28.7 Å². The molecule has 0 saturated carbocycles. The molecule has 1 heterocycles. The highest BCUT2D eigenvalue weighted by Crippen LogP contribution is 2.28. The van der Waals surface area contributed by atoms with E-state index in [0.29, 0.717) is 0 Å². The van der Waals surface area contributed by atoms with Crippen LogP contribution in [0, 0.1) is 5.82 Å². The number of halogens is 1. The van der Waals surface area contributed by atoms with Crippen molar-refractivity contribution in [2.75, 3.05) is 11.9 Å². The second-order valence-electron chi connectivity index (χ2n) is 3.51. The third-order valence-electron chi connectivity index (χ3n) is 2.40. The average molecular weight is 251 g/mol. The van der Waals surface area contributed by atoms with Crippen molar-refractivity contribution in [3.63, 3.8) is 0 Å². The number of carbonyl (C=O) groups is 1. The summed E-state index contributed by atoms with van der Waals surface area (Å²) >= 11 is 1.17. The van der Waals surface area contributed by atoms with Crippen LogP contribution in [0.1, 0.15) is 9.67 Å². The van der Waals surface area contributed by atoms with E-state index in [0.717, 1.165) is 11.4 Å². The number of nitrogens with zero attached hydrogens (tertiary/aromatic N) is 1. The first-order chi connectivity index (χ1) is 8.08. The lowest BCUT2D eigenvalue weighted by Gasteiger charge is -2.17. The van der Waals surface area contributed by atoms with E-state index in [1.165, 1.54) is 23.5 Å². The molecular weight excluding hydrogens is 241 g/mol. The lowest BCUT2D eigenvalue weighted by atomic mass is 10.2. The van der Waals surface area contributed by atoms with Crippen LogP contribution in [0.4, 0.5) is 15.8 Å². The zero-order valence-corrected chi connectivity index (χ0v) is 9.87. The molecule has 1 aromatic carbocycles. The van der Waals surface area contributed by atoms with Crippen LogP contribution in [0.5, 0.6) is 0 Å². The van der Waals surface area contributed by atoms with Crippen LogP contribution in [0.2, 0.25) is 0 Å². The first-order valence-electron chi connectivity index (χ1n) is 4.89. The number of benzene rings is 1. The van der Waals surface area contributed by atoms with Gasteiger partial charge in [0.2, 0.25) is 0 Å². The number of aromatic carboxylic acids is 1. The maximum Gasteiger partial charge on any atom is 0.345 e. The van der Waals surface area contributed by atoms with Gasteiger partial charge in [0.1, 0.15) is 10.7 Å². The Balaban J connectivity index is 2.27. The normalized spacial score (nSPS) is 10.2. The van der Waals surface area contributed by atoms with Crippen molar-refractivity contribution < 1.29 is 14.3 Å². The molecule has 0 aliphatic carbocycles. The van der Waals surface area contributed by atoms with Crippen LogP contribution in [0.3, 0.4) is 0 Å². The van der Waals surface area contributed by atoms with Crippen LogP contribution in [0.25, 0.3) is 0 Å². The van der Waals surface area contributed by atoms with Crippen molar-refractivity contribution in [2.45, 2.75) is 0 Å². The van der Waals surface area contributed by atoms with Crippen molar-refractivity contribution in [1.29, 1.82) is 0 Å². The fraction of sp³-hybridized carbons (Fsp3) is 0.0833. The Morgan fingerprint density at radius 3 is 2.47 bits per heavy atom. The van der Waals surface area contributed by atoms with Crippen LogP contribution in [0.15, 0.2) is 35.7 Å². The minimum Gasteiger partial charge on any atom is -0.477 e. The molecule has 0 spiro atoms. The van der Waals surface area contributed by atoms with E-state index in [9.17, 15) is 9.18 Å². The molecule has 0 aliphatic heterocycles. The van der Waals surface area contributed by atoms with Crippen LogP contribution in [-0.4, -0.2) is 18.1 Å². The Morgan fingerprint density at radius 2 is 1.94 bits per heavy atom. The van der Waals surface area contributed by atoms with E-state index in [1.54, 1.807) is 30.6 Å². The first kappa shape index (κ1) is 11.6. The van der Waals surface area contributed by atoms with Crippen LogP contribution in [-0.2, 0) is 0 Å². The standard InChI is InChI=1S/C12H10FNO2S/c1-14(9-4-2-8(13)3-5-9)10-6-11(12(15)16)17-7-10/h2-7H,1H3,(H,15,16). The molecule has 0 radical (unpaired) electrons. The number of hydrogen-bond acceptors (Lipinski definition) is 3. The summed E-state index contributed by atoms with van der Waals surface area (Å²) in [5.74, 6) is -1.23. The Morgan fingerprint density at radius 1 is 1.29 bits per heavy atom. The van der Waals surface area contributed by atoms with Gasteiger partial charge < -0.3 is 10.0 Å². The smallest absolute Gasteiger partial charge is 0.345 e. The molecule has 1 N–H and O–H groups in total. The molecule has 5 heteroatoms. The van der Waals surface area contributed by atoms with Gasteiger partial charge in [-0.05, 0) is 30.3 Å². The number of anilines is 2. The molecule has 2 rings (SSSR count). The van der Waals surface area contributed by atoms with Gasteiger partial charge in [-0.15, -0.1) is 11.3 Å². The molecule has 0 bridgehead atoms. The summed E-state index contributed by atoms with van der Waals surface area (Å²) in [6, 6.07) is 7.63. The van der Waals surface area contributed by atoms with Crippen molar-refractivity contribution in [2.24, 2.45) is 0 Å². The molecule has 0 fully saturated rings. The van der Waals surface area contributed by atoms with Gasteiger partial charge in [0.05, 0.1) is 5.69 Å². The molecule has 17 heavy (non-hydrogen) atoms. The van der Waals surface area contributed by atoms with Gasteiger partial charge >= 0.3 is 5.97 Å². The molecule has 2 aromatic rings. The van der Waals surface area contributed by atoms with E-state index in [-0.39, 0.29) is 10.7 Å². The molecule has 0 unspecified atom stereocenters. The Hall–Kier alpha value is -1.88. The lowest BCUT2D eigenvalue weighted by molar-refractivity contribution is 0.0702. The maximum atomic E-state index is 12.8. The zero-order chi connectivity index (χ0) is 12.4. The van der Waals surface area contributed by atoms with Gasteiger partial charge in [0, 0.05) is 18.1 Å². The molecule has 0 saturated heterocycles. The summed E-state index contributed by atoms with van der Waals surface area (Å²) in [7, 11) is 1.81. The van der Waals surface area contributed by atoms with E-state index in [2.05, 4.69) is 0 Å². The van der Waals surface area contributed by atoms with Crippen molar-refractivity contribution in [3.05, 3.63) is 46.4 Å². The number of carboxylic acids is 1. The van der Waals surface area contributed by atoms with Crippen LogP contribution < -0.4 is 4.90 Å². The predicted molar refractivity (Wildman–Crippen MR) is 65.7 cm³/mol. The van der Waals surface area contributed by atoms with Crippen molar-refractivity contribution in [3.8, 4) is 0 Å². The Labute approximate surface area is 102 Å². The summed E-state index contributed by atoms with van der Waals surface area (Å²) in [6.07, 6.45) is 0.